The van der Waals surface area contributed by atoms with Crippen molar-refractivity contribution in [3.63, 3.8) is 0 Å². The lowest BCUT2D eigenvalue weighted by Crippen LogP contribution is -2.51. The van der Waals surface area contributed by atoms with E-state index < -0.39 is 17.7 Å². The molecule has 0 radical (unpaired) electrons. The summed E-state index contributed by atoms with van der Waals surface area (Å²) in [5.74, 6) is -2.86. The summed E-state index contributed by atoms with van der Waals surface area (Å²) in [5, 5.41) is 3.35. The van der Waals surface area contributed by atoms with Gasteiger partial charge in [0, 0.05) is 73.8 Å². The third-order valence-electron chi connectivity index (χ3n) is 7.09. The van der Waals surface area contributed by atoms with Crippen LogP contribution in [0.3, 0.4) is 0 Å². The van der Waals surface area contributed by atoms with Gasteiger partial charge >= 0.3 is 0 Å². The number of halogens is 2. The minimum atomic E-state index is -2.75. The molecular weight excluding hydrogens is 478 g/mol. The lowest BCUT2D eigenvalue weighted by atomic mass is 9.98. The minimum Gasteiger partial charge on any atom is -0.496 e. The Labute approximate surface area is 215 Å². The summed E-state index contributed by atoms with van der Waals surface area (Å²) in [6, 6.07) is 10.9. The van der Waals surface area contributed by atoms with E-state index in [0.717, 1.165) is 33.3 Å². The summed E-state index contributed by atoms with van der Waals surface area (Å²) in [6.45, 7) is 6.66. The second-order valence-corrected chi connectivity index (χ2v) is 9.70. The fourth-order valence-electron chi connectivity index (χ4n) is 5.04. The summed E-state index contributed by atoms with van der Waals surface area (Å²) < 4.78 is 34.3. The number of fused-ring (bicyclic) bond motifs is 1. The fraction of sp³-hybridized carbons (Fsp3) is 0.429. The first-order chi connectivity index (χ1) is 17.6. The van der Waals surface area contributed by atoms with E-state index in [1.165, 1.54) is 13.8 Å². The monoisotopic (exact) mass is 512 g/mol. The van der Waals surface area contributed by atoms with E-state index >= 15 is 0 Å². The summed E-state index contributed by atoms with van der Waals surface area (Å²) >= 11 is 0. The van der Waals surface area contributed by atoms with Gasteiger partial charge in [-0.25, -0.2) is 8.78 Å². The van der Waals surface area contributed by atoms with Gasteiger partial charge in [0.1, 0.15) is 5.75 Å². The highest BCUT2D eigenvalue weighted by atomic mass is 19.3. The van der Waals surface area contributed by atoms with Gasteiger partial charge in [-0.05, 0) is 42.3 Å². The maximum Gasteiger partial charge on any atom is 0.260 e. The van der Waals surface area contributed by atoms with E-state index in [1.807, 2.05) is 42.3 Å². The number of imide groups is 1. The van der Waals surface area contributed by atoms with Crippen molar-refractivity contribution in [1.82, 2.24) is 20.1 Å². The minimum absolute atomic E-state index is 0.175. The lowest BCUT2D eigenvalue weighted by molar-refractivity contribution is -0.118. The summed E-state index contributed by atoms with van der Waals surface area (Å²) in [4.78, 5) is 30.9. The number of piperazine rings is 1. The van der Waals surface area contributed by atoms with Crippen molar-refractivity contribution in [2.45, 2.75) is 45.7 Å². The Morgan fingerprint density at radius 2 is 1.92 bits per heavy atom. The standard InChI is InChI=1S/C28H34F2N4O3/c1-5-28(29,30)17-33-12-13-34(15-23-22-10-11-31-26(22)18(2)14-25(23)37-4)24(16-33)20-6-8-21(9-7-20)27(36)32-19(3)35/h6-11,14,24,31H,5,12-13,15-17H2,1-4H3,(H,32,35,36)/t24-/m0/s1. The van der Waals surface area contributed by atoms with Crippen LogP contribution in [0.2, 0.25) is 0 Å². The van der Waals surface area contributed by atoms with Crippen LogP contribution in [-0.4, -0.2) is 65.8 Å². The van der Waals surface area contributed by atoms with E-state index in [1.54, 1.807) is 19.2 Å². The molecule has 0 spiro atoms. The number of aryl methyl sites for hydroxylation is 1. The molecule has 0 bridgehead atoms. The Bertz CT molecular complexity index is 1270. The van der Waals surface area contributed by atoms with Crippen LogP contribution < -0.4 is 10.1 Å². The van der Waals surface area contributed by atoms with Crippen LogP contribution in [0.4, 0.5) is 8.78 Å². The summed E-state index contributed by atoms with van der Waals surface area (Å²) in [7, 11) is 1.66. The van der Waals surface area contributed by atoms with Gasteiger partial charge in [-0.2, -0.15) is 0 Å². The third kappa shape index (κ3) is 5.99. The first-order valence-electron chi connectivity index (χ1n) is 12.5. The molecule has 2 N–H and O–H groups in total. The van der Waals surface area contributed by atoms with Crippen LogP contribution in [-0.2, 0) is 11.3 Å². The largest absolute Gasteiger partial charge is 0.496 e. The fourth-order valence-corrected chi connectivity index (χ4v) is 5.04. The Morgan fingerprint density at radius 3 is 2.57 bits per heavy atom. The second-order valence-electron chi connectivity index (χ2n) is 9.70. The van der Waals surface area contributed by atoms with Crippen molar-refractivity contribution < 1.29 is 23.1 Å². The molecule has 0 saturated carbocycles. The zero-order valence-corrected chi connectivity index (χ0v) is 21.7. The van der Waals surface area contributed by atoms with Crippen molar-refractivity contribution in [2.75, 3.05) is 33.3 Å². The molecule has 9 heteroatoms. The van der Waals surface area contributed by atoms with Crippen LogP contribution in [0.15, 0.2) is 42.6 Å². The van der Waals surface area contributed by atoms with Gasteiger partial charge in [0.25, 0.3) is 11.8 Å². The molecule has 0 aliphatic carbocycles. The van der Waals surface area contributed by atoms with Crippen molar-refractivity contribution in [2.24, 2.45) is 0 Å². The highest BCUT2D eigenvalue weighted by molar-refractivity contribution is 6.04. The number of ether oxygens (including phenoxy) is 1. The maximum absolute atomic E-state index is 14.3. The predicted octanol–water partition coefficient (Wildman–Crippen LogP) is 4.67. The number of nitrogens with zero attached hydrogens (tertiary/aromatic N) is 2. The number of nitrogens with one attached hydrogen (secondary N) is 2. The smallest absolute Gasteiger partial charge is 0.260 e. The number of alkyl halides is 2. The zero-order valence-electron chi connectivity index (χ0n) is 21.7. The molecule has 4 rings (SSSR count). The van der Waals surface area contributed by atoms with Gasteiger partial charge in [0.15, 0.2) is 0 Å². The van der Waals surface area contributed by atoms with E-state index in [9.17, 15) is 18.4 Å². The molecule has 1 aliphatic rings. The van der Waals surface area contributed by atoms with Crippen LogP contribution >= 0.6 is 0 Å². The van der Waals surface area contributed by atoms with Crippen molar-refractivity contribution >= 4 is 22.7 Å². The third-order valence-corrected chi connectivity index (χ3v) is 7.09. The van der Waals surface area contributed by atoms with Gasteiger partial charge in [-0.15, -0.1) is 0 Å². The molecule has 1 atom stereocenters. The highest BCUT2D eigenvalue weighted by Crippen LogP contribution is 2.35. The summed E-state index contributed by atoms with van der Waals surface area (Å²) in [5.41, 5.74) is 4.46. The number of H-pyrrole nitrogens is 1. The number of hydrogen-bond donors (Lipinski definition) is 2. The number of amides is 2. The number of rotatable bonds is 8. The molecule has 37 heavy (non-hydrogen) atoms. The number of carbonyl (C=O) groups excluding carboxylic acids is 2. The number of carbonyl (C=O) groups is 2. The van der Waals surface area contributed by atoms with Crippen LogP contribution in [0.25, 0.3) is 10.9 Å². The summed E-state index contributed by atoms with van der Waals surface area (Å²) in [6.07, 6.45) is 1.71. The molecule has 1 saturated heterocycles. The maximum atomic E-state index is 14.3. The van der Waals surface area contributed by atoms with Crippen molar-refractivity contribution in [3.05, 3.63) is 64.8 Å². The molecule has 1 fully saturated rings. The number of hydrogen-bond acceptors (Lipinski definition) is 5. The first kappa shape index (κ1) is 26.8. The van der Waals surface area contributed by atoms with Gasteiger partial charge < -0.3 is 9.72 Å². The average molecular weight is 513 g/mol. The molecule has 7 nitrogen and oxygen atoms in total. The van der Waals surface area contributed by atoms with Crippen molar-refractivity contribution in [3.8, 4) is 5.75 Å². The Kier molecular flexibility index (Phi) is 7.94. The van der Waals surface area contributed by atoms with Crippen LogP contribution in [0.5, 0.6) is 5.75 Å². The average Bonchev–Trinajstić information content (AvgIpc) is 3.36. The lowest BCUT2D eigenvalue weighted by Gasteiger charge is -2.43. The SMILES string of the molecule is CCC(F)(F)CN1CCN(Cc2c(OC)cc(C)c3[nH]ccc23)[C@H](c2ccc(C(=O)NC(C)=O)cc2)C1. The quantitative estimate of drug-likeness (QED) is 0.459. The Morgan fingerprint density at radius 1 is 1.19 bits per heavy atom. The zero-order chi connectivity index (χ0) is 26.7. The second kappa shape index (κ2) is 11.0. The molecule has 0 unspecified atom stereocenters. The number of aromatic amines is 1. The Hall–Kier alpha value is -3.30. The van der Waals surface area contributed by atoms with Gasteiger partial charge in [0.2, 0.25) is 5.91 Å². The van der Waals surface area contributed by atoms with Gasteiger partial charge in [0.05, 0.1) is 13.7 Å². The predicted molar refractivity (Wildman–Crippen MR) is 139 cm³/mol. The Balaban J connectivity index is 1.66. The molecular formula is C28H34F2N4O3. The molecule has 2 aromatic carbocycles. The molecule has 2 heterocycles. The van der Waals surface area contributed by atoms with Crippen molar-refractivity contribution in [1.29, 1.82) is 0 Å². The van der Waals surface area contributed by atoms with Crippen LogP contribution in [0, 0.1) is 6.92 Å². The van der Waals surface area contributed by atoms with Gasteiger partial charge in [-0.1, -0.05) is 19.1 Å². The van der Waals surface area contributed by atoms with E-state index in [4.69, 9.17) is 4.74 Å². The topological polar surface area (TPSA) is 77.7 Å². The van der Waals surface area contributed by atoms with E-state index in [0.29, 0.717) is 31.7 Å². The number of benzene rings is 2. The normalized spacial score (nSPS) is 17.2. The van der Waals surface area contributed by atoms with Gasteiger partial charge in [-0.3, -0.25) is 24.7 Å². The molecule has 198 valence electrons. The van der Waals surface area contributed by atoms with E-state index in [-0.39, 0.29) is 19.0 Å². The number of methoxy groups -OCH3 is 1. The molecule has 1 aliphatic heterocycles. The highest BCUT2D eigenvalue weighted by Gasteiger charge is 2.35. The molecule has 1 aromatic heterocycles. The number of aromatic nitrogens is 1. The molecule has 2 amide bonds. The first-order valence-corrected chi connectivity index (χ1v) is 12.5. The molecule has 3 aromatic rings. The van der Waals surface area contributed by atoms with E-state index in [2.05, 4.69) is 15.2 Å². The van der Waals surface area contributed by atoms with Crippen LogP contribution in [0.1, 0.15) is 53.4 Å².